The number of aryl methyl sites for hydroxylation is 1. The largest absolute Gasteiger partial charge is 0.394 e. The van der Waals surface area contributed by atoms with Crippen molar-refractivity contribution in [2.24, 2.45) is 7.05 Å². The van der Waals surface area contributed by atoms with Gasteiger partial charge in [-0.25, -0.2) is 0 Å². The fraction of sp³-hybridized carbons (Fsp3) is 0.300. The van der Waals surface area contributed by atoms with Crippen LogP contribution in [0.4, 0.5) is 0 Å². The molecule has 2 aromatic carbocycles. The monoisotopic (exact) mass is 354 g/mol. The highest BCUT2D eigenvalue weighted by molar-refractivity contribution is 7.26. The molecule has 2 heterocycles. The van der Waals surface area contributed by atoms with Crippen molar-refractivity contribution >= 4 is 42.4 Å². The van der Waals surface area contributed by atoms with Crippen LogP contribution in [-0.4, -0.2) is 33.5 Å². The van der Waals surface area contributed by atoms with Gasteiger partial charge >= 0.3 is 0 Å². The number of aromatic nitrogens is 1. The standard InChI is InChI=1S/C20H22N2O2S/c1-20(11-23,12-24)21-9-13-10-22(2)19-14(13)7-8-17-18(19)15-5-3-4-6-16(15)25-17/h3-8,10,21,23-24H,9,11-12H2,1-2H3. The minimum absolute atomic E-state index is 0.103. The van der Waals surface area contributed by atoms with Gasteiger partial charge in [-0.3, -0.25) is 0 Å². The van der Waals surface area contributed by atoms with Crippen LogP contribution in [0.25, 0.3) is 31.1 Å². The van der Waals surface area contributed by atoms with Gasteiger partial charge in [-0.2, -0.15) is 0 Å². The van der Waals surface area contributed by atoms with Crippen molar-refractivity contribution in [1.82, 2.24) is 9.88 Å². The van der Waals surface area contributed by atoms with Gasteiger partial charge in [-0.15, -0.1) is 11.3 Å². The number of aliphatic hydroxyl groups excluding tert-OH is 2. The molecule has 0 aliphatic carbocycles. The molecule has 0 bridgehead atoms. The lowest BCUT2D eigenvalue weighted by Crippen LogP contribution is -2.48. The van der Waals surface area contributed by atoms with Crippen LogP contribution in [0.15, 0.2) is 42.6 Å². The first-order valence-electron chi connectivity index (χ1n) is 8.41. The number of rotatable bonds is 5. The van der Waals surface area contributed by atoms with Crippen molar-refractivity contribution < 1.29 is 10.2 Å². The van der Waals surface area contributed by atoms with Crippen LogP contribution in [0, 0.1) is 0 Å². The summed E-state index contributed by atoms with van der Waals surface area (Å²) in [6.45, 7) is 2.21. The van der Waals surface area contributed by atoms with Crippen LogP contribution in [-0.2, 0) is 13.6 Å². The quantitative estimate of drug-likeness (QED) is 0.515. The lowest BCUT2D eigenvalue weighted by Gasteiger charge is -2.26. The molecule has 4 aromatic rings. The summed E-state index contributed by atoms with van der Waals surface area (Å²) in [6, 6.07) is 12.9. The van der Waals surface area contributed by atoms with Gasteiger partial charge in [0.2, 0.25) is 0 Å². The fourth-order valence-electron chi connectivity index (χ4n) is 3.40. The van der Waals surface area contributed by atoms with Crippen LogP contribution < -0.4 is 5.32 Å². The second kappa shape index (κ2) is 6.11. The van der Waals surface area contributed by atoms with Crippen LogP contribution >= 0.6 is 11.3 Å². The maximum atomic E-state index is 9.49. The molecule has 4 rings (SSSR count). The second-order valence-corrected chi connectivity index (χ2v) is 8.01. The van der Waals surface area contributed by atoms with Crippen LogP contribution in [0.1, 0.15) is 12.5 Å². The van der Waals surface area contributed by atoms with E-state index in [1.807, 2.05) is 18.3 Å². The van der Waals surface area contributed by atoms with Gasteiger partial charge in [0.25, 0.3) is 0 Å². The van der Waals surface area contributed by atoms with Crippen molar-refractivity contribution in [2.45, 2.75) is 19.0 Å². The number of aliphatic hydroxyl groups is 2. The summed E-state index contributed by atoms with van der Waals surface area (Å²) < 4.78 is 4.78. The minimum atomic E-state index is -0.679. The van der Waals surface area contributed by atoms with E-state index in [9.17, 15) is 10.2 Å². The number of benzene rings is 2. The molecule has 3 N–H and O–H groups in total. The summed E-state index contributed by atoms with van der Waals surface area (Å²) in [5.74, 6) is 0. The van der Waals surface area contributed by atoms with Gasteiger partial charge in [-0.05, 0) is 24.6 Å². The van der Waals surface area contributed by atoms with E-state index >= 15 is 0 Å². The van der Waals surface area contributed by atoms with Crippen LogP contribution in [0.5, 0.6) is 0 Å². The number of nitrogens with one attached hydrogen (secondary N) is 1. The van der Waals surface area contributed by atoms with E-state index in [0.717, 1.165) is 0 Å². The van der Waals surface area contributed by atoms with Gasteiger partial charge in [0.1, 0.15) is 0 Å². The van der Waals surface area contributed by atoms with E-state index in [4.69, 9.17) is 0 Å². The number of hydrogen-bond donors (Lipinski definition) is 3. The van der Waals surface area contributed by atoms with Crippen molar-refractivity contribution in [1.29, 1.82) is 0 Å². The van der Waals surface area contributed by atoms with Gasteiger partial charge in [-0.1, -0.05) is 24.3 Å². The van der Waals surface area contributed by atoms with Gasteiger partial charge in [0.05, 0.1) is 24.3 Å². The Kier molecular flexibility index (Phi) is 4.04. The van der Waals surface area contributed by atoms with Crippen LogP contribution in [0.2, 0.25) is 0 Å². The van der Waals surface area contributed by atoms with Crippen LogP contribution in [0.3, 0.4) is 0 Å². The molecule has 0 fully saturated rings. The molecule has 4 nitrogen and oxygen atoms in total. The van der Waals surface area contributed by atoms with E-state index < -0.39 is 5.54 Å². The highest BCUT2D eigenvalue weighted by Crippen LogP contribution is 2.39. The lowest BCUT2D eigenvalue weighted by atomic mass is 10.0. The zero-order valence-corrected chi connectivity index (χ0v) is 15.2. The van der Waals surface area contributed by atoms with Gasteiger partial charge in [0, 0.05) is 45.3 Å². The zero-order chi connectivity index (χ0) is 17.6. The maximum absolute atomic E-state index is 9.49. The average Bonchev–Trinajstić information content (AvgIpc) is 3.17. The van der Waals surface area contributed by atoms with Crippen molar-refractivity contribution in [3.63, 3.8) is 0 Å². The third kappa shape index (κ3) is 2.64. The molecule has 2 aromatic heterocycles. The summed E-state index contributed by atoms with van der Waals surface area (Å²) in [4.78, 5) is 0. The molecule has 0 radical (unpaired) electrons. The maximum Gasteiger partial charge on any atom is 0.0633 e. The van der Waals surface area contributed by atoms with E-state index in [2.05, 4.69) is 59.5 Å². The Morgan fingerprint density at radius 1 is 1.04 bits per heavy atom. The number of hydrogen-bond acceptors (Lipinski definition) is 4. The molecule has 0 atom stereocenters. The summed E-state index contributed by atoms with van der Waals surface area (Å²) in [6.07, 6.45) is 2.14. The number of thiophene rings is 1. The molecule has 130 valence electrons. The lowest BCUT2D eigenvalue weighted by molar-refractivity contribution is 0.103. The van der Waals surface area contributed by atoms with Gasteiger partial charge in [0.15, 0.2) is 0 Å². The molecule has 0 aliphatic heterocycles. The molecule has 5 heteroatoms. The van der Waals surface area contributed by atoms with E-state index in [-0.39, 0.29) is 13.2 Å². The second-order valence-electron chi connectivity index (χ2n) is 6.93. The Morgan fingerprint density at radius 2 is 1.80 bits per heavy atom. The summed E-state index contributed by atoms with van der Waals surface area (Å²) in [5, 5.41) is 26.1. The summed E-state index contributed by atoms with van der Waals surface area (Å²) >= 11 is 1.82. The Bertz CT molecular complexity index is 1060. The van der Waals surface area contributed by atoms with Gasteiger partial charge < -0.3 is 20.1 Å². The predicted molar refractivity (Wildman–Crippen MR) is 105 cm³/mol. The number of nitrogens with zero attached hydrogens (tertiary/aromatic N) is 1. The van der Waals surface area contributed by atoms with E-state index in [1.54, 1.807) is 0 Å². The molecule has 0 spiro atoms. The van der Waals surface area contributed by atoms with Crippen molar-refractivity contribution in [2.75, 3.05) is 13.2 Å². The fourth-order valence-corrected chi connectivity index (χ4v) is 4.51. The topological polar surface area (TPSA) is 57.4 Å². The normalized spacial score (nSPS) is 12.6. The SMILES string of the molecule is Cn1cc(CNC(C)(CO)CO)c2ccc3sc4ccccc4c3c21. The average molecular weight is 354 g/mol. The molecule has 0 aliphatic rings. The smallest absolute Gasteiger partial charge is 0.0633 e. The minimum Gasteiger partial charge on any atom is -0.394 e. The molecule has 0 amide bonds. The first-order chi connectivity index (χ1) is 12.1. The zero-order valence-electron chi connectivity index (χ0n) is 14.4. The van der Waals surface area contributed by atoms with E-state index in [0.29, 0.717) is 6.54 Å². The van der Waals surface area contributed by atoms with Crippen molar-refractivity contribution in [3.8, 4) is 0 Å². The van der Waals surface area contributed by atoms with Crippen molar-refractivity contribution in [3.05, 3.63) is 48.2 Å². The third-order valence-electron chi connectivity index (χ3n) is 4.97. The Balaban J connectivity index is 1.87. The predicted octanol–water partition coefficient (Wildman–Crippen LogP) is 3.38. The number of fused-ring (bicyclic) bond motifs is 5. The Labute approximate surface area is 150 Å². The summed E-state index contributed by atoms with van der Waals surface area (Å²) in [5.41, 5.74) is 1.73. The molecular weight excluding hydrogens is 332 g/mol. The molecule has 0 unspecified atom stereocenters. The Hall–Kier alpha value is -1.92. The Morgan fingerprint density at radius 3 is 2.56 bits per heavy atom. The molecule has 0 saturated heterocycles. The highest BCUT2D eigenvalue weighted by Gasteiger charge is 2.22. The highest BCUT2D eigenvalue weighted by atomic mass is 32.1. The molecule has 0 saturated carbocycles. The molecule has 25 heavy (non-hydrogen) atoms. The first-order valence-corrected chi connectivity index (χ1v) is 9.23. The first kappa shape index (κ1) is 16.5. The summed E-state index contributed by atoms with van der Waals surface area (Å²) in [7, 11) is 2.08. The molecular formula is C20H22N2O2S. The van der Waals surface area contributed by atoms with E-state index in [1.165, 1.54) is 36.6 Å². The third-order valence-corrected chi connectivity index (χ3v) is 6.10.